The van der Waals surface area contributed by atoms with Gasteiger partial charge in [-0.05, 0) is 41.7 Å². The Labute approximate surface area is 112 Å². The fourth-order valence-corrected chi connectivity index (χ4v) is 4.41. The van der Waals surface area contributed by atoms with Crippen LogP contribution in [-0.4, -0.2) is 17.0 Å². The molecule has 3 N–H and O–H groups in total. The molecule has 1 atom stereocenters. The molecule has 2 rings (SSSR count). The van der Waals surface area contributed by atoms with Gasteiger partial charge in [0.2, 0.25) is 0 Å². The zero-order valence-corrected chi connectivity index (χ0v) is 11.9. The molecule has 0 saturated heterocycles. The second-order valence-corrected chi connectivity index (χ2v) is 6.91. The Morgan fingerprint density at radius 2 is 2.24 bits per heavy atom. The van der Waals surface area contributed by atoms with Gasteiger partial charge in [-0.2, -0.15) is 23.1 Å². The Morgan fingerprint density at radius 3 is 2.88 bits per heavy atom. The van der Waals surface area contributed by atoms with Crippen LogP contribution in [0.3, 0.4) is 0 Å². The van der Waals surface area contributed by atoms with Crippen LogP contribution in [-0.2, 0) is 6.42 Å². The van der Waals surface area contributed by atoms with E-state index < -0.39 is 0 Å². The first-order valence-electron chi connectivity index (χ1n) is 6.47. The number of thioether (sulfide) groups is 1. The monoisotopic (exact) mass is 270 g/mol. The lowest BCUT2D eigenvalue weighted by molar-refractivity contribution is 0.513. The number of nitrogens with one attached hydrogen (secondary N) is 1. The summed E-state index contributed by atoms with van der Waals surface area (Å²) in [5.41, 5.74) is 4.37. The van der Waals surface area contributed by atoms with E-state index >= 15 is 0 Å². The van der Waals surface area contributed by atoms with Crippen molar-refractivity contribution in [2.45, 2.75) is 49.8 Å². The van der Waals surface area contributed by atoms with Crippen molar-refractivity contribution in [2.75, 3.05) is 5.75 Å². The van der Waals surface area contributed by atoms with E-state index in [0.717, 1.165) is 17.4 Å². The Kier molecular flexibility index (Phi) is 5.85. The Morgan fingerprint density at radius 1 is 1.41 bits per heavy atom. The highest BCUT2D eigenvalue weighted by atomic mass is 32.2. The SMILES string of the molecule is NNC(CSC1CCCCC1)Cc1ccsc1. The molecule has 1 heterocycles. The van der Waals surface area contributed by atoms with Crippen molar-refractivity contribution < 1.29 is 0 Å². The van der Waals surface area contributed by atoms with E-state index in [2.05, 4.69) is 34.0 Å². The van der Waals surface area contributed by atoms with Crippen LogP contribution in [0.25, 0.3) is 0 Å². The molecule has 0 aromatic carbocycles. The summed E-state index contributed by atoms with van der Waals surface area (Å²) in [4.78, 5) is 0. The third-order valence-electron chi connectivity index (χ3n) is 3.38. The Hall–Kier alpha value is -0.0300. The molecular weight excluding hydrogens is 248 g/mol. The minimum absolute atomic E-state index is 0.413. The maximum atomic E-state index is 5.65. The highest BCUT2D eigenvalue weighted by Gasteiger charge is 2.16. The Bertz CT molecular complexity index is 294. The van der Waals surface area contributed by atoms with Crippen LogP contribution in [0.4, 0.5) is 0 Å². The van der Waals surface area contributed by atoms with E-state index in [1.807, 2.05) is 0 Å². The molecule has 0 amide bonds. The van der Waals surface area contributed by atoms with Gasteiger partial charge in [-0.15, -0.1) is 0 Å². The van der Waals surface area contributed by atoms with Crippen LogP contribution < -0.4 is 11.3 Å². The number of hydrogen-bond donors (Lipinski definition) is 2. The average Bonchev–Trinajstić information content (AvgIpc) is 2.88. The van der Waals surface area contributed by atoms with E-state index in [0.29, 0.717) is 6.04 Å². The largest absolute Gasteiger partial charge is 0.271 e. The van der Waals surface area contributed by atoms with E-state index in [-0.39, 0.29) is 0 Å². The fraction of sp³-hybridized carbons (Fsp3) is 0.692. The van der Waals surface area contributed by atoms with Crippen molar-refractivity contribution in [3.63, 3.8) is 0 Å². The predicted octanol–water partition coefficient (Wildman–Crippen LogP) is 3.19. The van der Waals surface area contributed by atoms with Crippen LogP contribution in [0.2, 0.25) is 0 Å². The van der Waals surface area contributed by atoms with Gasteiger partial charge in [0.1, 0.15) is 0 Å². The van der Waals surface area contributed by atoms with Gasteiger partial charge in [-0.1, -0.05) is 19.3 Å². The van der Waals surface area contributed by atoms with Crippen molar-refractivity contribution >= 4 is 23.1 Å². The molecule has 96 valence electrons. The molecule has 0 bridgehead atoms. The van der Waals surface area contributed by atoms with E-state index in [9.17, 15) is 0 Å². The van der Waals surface area contributed by atoms with Gasteiger partial charge in [-0.3, -0.25) is 11.3 Å². The third-order valence-corrected chi connectivity index (χ3v) is 5.65. The van der Waals surface area contributed by atoms with Gasteiger partial charge >= 0.3 is 0 Å². The predicted molar refractivity (Wildman–Crippen MR) is 78.5 cm³/mol. The normalized spacial score (nSPS) is 19.4. The van der Waals surface area contributed by atoms with Crippen molar-refractivity contribution in [3.05, 3.63) is 22.4 Å². The van der Waals surface area contributed by atoms with Crippen LogP contribution >= 0.6 is 23.1 Å². The van der Waals surface area contributed by atoms with Crippen LogP contribution in [0.15, 0.2) is 16.8 Å². The summed E-state index contributed by atoms with van der Waals surface area (Å²) in [5.74, 6) is 6.78. The van der Waals surface area contributed by atoms with Gasteiger partial charge in [0.15, 0.2) is 0 Å². The smallest absolute Gasteiger partial charge is 0.0341 e. The van der Waals surface area contributed by atoms with Gasteiger partial charge < -0.3 is 0 Å². The van der Waals surface area contributed by atoms with Gasteiger partial charge in [-0.25, -0.2) is 0 Å². The molecule has 1 fully saturated rings. The molecule has 1 unspecified atom stereocenters. The summed E-state index contributed by atoms with van der Waals surface area (Å²) in [6, 6.07) is 2.61. The molecule has 1 aliphatic rings. The second kappa shape index (κ2) is 7.41. The molecule has 0 aliphatic heterocycles. The lowest BCUT2D eigenvalue weighted by Gasteiger charge is -2.23. The molecule has 1 aliphatic carbocycles. The molecule has 1 aromatic heterocycles. The Balaban J connectivity index is 1.71. The molecule has 0 radical (unpaired) electrons. The molecule has 4 heteroatoms. The van der Waals surface area contributed by atoms with E-state index in [4.69, 9.17) is 5.84 Å². The summed E-state index contributed by atoms with van der Waals surface area (Å²) in [7, 11) is 0. The average molecular weight is 270 g/mol. The lowest BCUT2D eigenvalue weighted by atomic mass is 10.0. The number of rotatable bonds is 6. The topological polar surface area (TPSA) is 38.0 Å². The fourth-order valence-electron chi connectivity index (χ4n) is 2.34. The van der Waals surface area contributed by atoms with Crippen LogP contribution in [0, 0.1) is 0 Å². The van der Waals surface area contributed by atoms with E-state index in [1.54, 1.807) is 11.3 Å². The first kappa shape index (κ1) is 13.4. The molecule has 0 spiro atoms. The lowest BCUT2D eigenvalue weighted by Crippen LogP contribution is -2.39. The summed E-state index contributed by atoms with van der Waals surface area (Å²) in [6.07, 6.45) is 8.14. The van der Waals surface area contributed by atoms with Crippen LogP contribution in [0.1, 0.15) is 37.7 Å². The first-order chi connectivity index (χ1) is 8.38. The van der Waals surface area contributed by atoms with Crippen molar-refractivity contribution in [1.29, 1.82) is 0 Å². The van der Waals surface area contributed by atoms with E-state index in [1.165, 1.54) is 37.7 Å². The molecular formula is C13H22N2S2. The van der Waals surface area contributed by atoms with Gasteiger partial charge in [0.05, 0.1) is 0 Å². The zero-order chi connectivity index (χ0) is 11.9. The summed E-state index contributed by atoms with van der Waals surface area (Å²) >= 11 is 3.88. The van der Waals surface area contributed by atoms with Crippen molar-refractivity contribution in [1.82, 2.24) is 5.43 Å². The number of nitrogens with two attached hydrogens (primary N) is 1. The summed E-state index contributed by atoms with van der Waals surface area (Å²) < 4.78 is 0. The highest BCUT2D eigenvalue weighted by Crippen LogP contribution is 2.28. The minimum atomic E-state index is 0.413. The minimum Gasteiger partial charge on any atom is -0.271 e. The number of thiophene rings is 1. The molecule has 17 heavy (non-hydrogen) atoms. The zero-order valence-electron chi connectivity index (χ0n) is 10.2. The number of hydrogen-bond acceptors (Lipinski definition) is 4. The summed E-state index contributed by atoms with van der Waals surface area (Å²) in [6.45, 7) is 0. The third kappa shape index (κ3) is 4.62. The standard InChI is InChI=1S/C13H22N2S2/c14-15-12(8-11-6-7-16-9-11)10-17-13-4-2-1-3-5-13/h6-7,9,12-13,15H,1-5,8,10,14H2. The molecule has 1 aromatic rings. The van der Waals surface area contributed by atoms with Crippen molar-refractivity contribution in [2.24, 2.45) is 5.84 Å². The second-order valence-electron chi connectivity index (χ2n) is 4.79. The van der Waals surface area contributed by atoms with Crippen molar-refractivity contribution in [3.8, 4) is 0 Å². The van der Waals surface area contributed by atoms with Gasteiger partial charge in [0, 0.05) is 17.0 Å². The molecule has 1 saturated carbocycles. The summed E-state index contributed by atoms with van der Waals surface area (Å²) in [5, 5.41) is 5.23. The van der Waals surface area contributed by atoms with Gasteiger partial charge in [0.25, 0.3) is 0 Å². The van der Waals surface area contributed by atoms with Crippen LogP contribution in [0.5, 0.6) is 0 Å². The first-order valence-corrected chi connectivity index (χ1v) is 8.46. The quantitative estimate of drug-likeness (QED) is 0.616. The number of hydrazine groups is 1. The maximum absolute atomic E-state index is 5.65. The highest BCUT2D eigenvalue weighted by molar-refractivity contribution is 7.99. The molecule has 2 nitrogen and oxygen atoms in total. The maximum Gasteiger partial charge on any atom is 0.0341 e.